The summed E-state index contributed by atoms with van der Waals surface area (Å²) < 4.78 is 25.8. The Kier molecular flexibility index (Phi) is 11.0. The van der Waals surface area contributed by atoms with Crippen LogP contribution in [0.25, 0.3) is 22.5 Å². The molecule has 2 heterocycles. The van der Waals surface area contributed by atoms with Crippen LogP contribution in [0.15, 0.2) is 118 Å². The van der Waals surface area contributed by atoms with Crippen molar-refractivity contribution in [3.63, 3.8) is 0 Å². The van der Waals surface area contributed by atoms with Crippen LogP contribution in [0.3, 0.4) is 0 Å². The van der Waals surface area contributed by atoms with E-state index in [9.17, 15) is 19.0 Å². The second-order valence-electron chi connectivity index (χ2n) is 8.64. The summed E-state index contributed by atoms with van der Waals surface area (Å²) in [6.07, 6.45) is 3.02. The Morgan fingerprint density at radius 2 is 0.930 bits per heavy atom. The Balaban J connectivity index is 0.000000192. The predicted octanol–water partition coefficient (Wildman–Crippen LogP) is 7.54. The van der Waals surface area contributed by atoms with Crippen LogP contribution in [0.1, 0.15) is 11.1 Å². The molecule has 6 nitrogen and oxygen atoms in total. The summed E-state index contributed by atoms with van der Waals surface area (Å²) in [4.78, 5) is 17.1. The third kappa shape index (κ3) is 8.72. The Labute approximate surface area is 264 Å². The minimum atomic E-state index is -0.278. The average molecular weight is 654 g/mol. The molecule has 0 bridgehead atoms. The van der Waals surface area contributed by atoms with Crippen molar-refractivity contribution in [3.8, 4) is 34.0 Å². The largest absolute Gasteiger partial charge is 2.00 e. The number of aromatic nitrogens is 2. The molecule has 0 amide bonds. The Morgan fingerprint density at radius 3 is 1.30 bits per heavy atom. The van der Waals surface area contributed by atoms with Crippen molar-refractivity contribution in [1.82, 2.24) is 9.97 Å². The van der Waals surface area contributed by atoms with Gasteiger partial charge >= 0.3 is 16.8 Å². The quantitative estimate of drug-likeness (QED) is 0.174. The fraction of sp³-hybridized carbons (Fsp3) is 0. The maximum Gasteiger partial charge on any atom is 2.00 e. The molecule has 0 saturated carbocycles. The number of nitrogens with zero attached hydrogens (tertiary/aromatic N) is 4. The number of hydrogen-bond donors (Lipinski definition) is 0. The molecule has 0 N–H and O–H groups in total. The molecular formula is C32H20CoF2N4O2S2. The van der Waals surface area contributed by atoms with Gasteiger partial charge in [-0.3, -0.25) is 0 Å². The maximum atomic E-state index is 12.9. The van der Waals surface area contributed by atoms with Crippen molar-refractivity contribution < 1.29 is 35.8 Å². The van der Waals surface area contributed by atoms with E-state index in [1.54, 1.807) is 60.7 Å². The molecule has 11 heteroatoms. The number of aliphatic imine (C=N–C) groups is 2. The van der Waals surface area contributed by atoms with E-state index >= 15 is 0 Å². The molecular weight excluding hydrogens is 633 g/mol. The third-order valence-corrected chi connectivity index (χ3v) is 7.23. The molecule has 0 aliphatic carbocycles. The SMILES string of the molecule is [Co+2].[O-]c1ccccc1/C=N/c1nc(-c2ccc(F)cc2)cs1.[O-]c1ccccc1/C=N/c1nc(-c2ccc(F)cc2)cs1. The maximum absolute atomic E-state index is 12.9. The number of rotatable bonds is 6. The summed E-state index contributed by atoms with van der Waals surface area (Å²) in [6, 6.07) is 25.6. The summed E-state index contributed by atoms with van der Waals surface area (Å²) in [6.45, 7) is 0. The van der Waals surface area contributed by atoms with Crippen LogP contribution in [0.4, 0.5) is 19.0 Å². The molecule has 6 rings (SSSR count). The monoisotopic (exact) mass is 653 g/mol. The third-order valence-electron chi connectivity index (χ3n) is 5.73. The molecule has 4 aromatic carbocycles. The molecule has 6 aromatic rings. The van der Waals surface area contributed by atoms with Gasteiger partial charge in [0.15, 0.2) is 0 Å². The summed E-state index contributed by atoms with van der Waals surface area (Å²) in [7, 11) is 0. The Hall–Kier alpha value is -4.55. The number of halogens is 2. The second-order valence-corrected chi connectivity index (χ2v) is 10.3. The van der Waals surface area contributed by atoms with Gasteiger partial charge in [-0.1, -0.05) is 48.5 Å². The number of para-hydroxylation sites is 2. The van der Waals surface area contributed by atoms with Gasteiger partial charge in [-0.05, 0) is 59.7 Å². The molecule has 1 radical (unpaired) electrons. The van der Waals surface area contributed by atoms with E-state index in [2.05, 4.69) is 20.0 Å². The molecule has 43 heavy (non-hydrogen) atoms. The molecule has 0 saturated heterocycles. The van der Waals surface area contributed by atoms with Gasteiger partial charge < -0.3 is 10.2 Å². The summed E-state index contributed by atoms with van der Waals surface area (Å²) in [5, 5.41) is 27.9. The van der Waals surface area contributed by atoms with Crippen molar-refractivity contribution in [3.05, 3.63) is 131 Å². The van der Waals surface area contributed by atoms with Gasteiger partial charge in [-0.25, -0.2) is 28.7 Å². The summed E-state index contributed by atoms with van der Waals surface area (Å²) >= 11 is 2.74. The molecule has 0 unspecified atom stereocenters. The van der Waals surface area contributed by atoms with Crippen LogP contribution >= 0.6 is 22.7 Å². The van der Waals surface area contributed by atoms with E-state index in [1.807, 2.05) is 10.8 Å². The minimum absolute atomic E-state index is 0. The summed E-state index contributed by atoms with van der Waals surface area (Å²) in [5.41, 5.74) is 4.19. The first-order valence-electron chi connectivity index (χ1n) is 12.5. The molecule has 215 valence electrons. The van der Waals surface area contributed by atoms with Crippen molar-refractivity contribution in [2.45, 2.75) is 0 Å². The van der Waals surface area contributed by atoms with E-state index in [1.165, 1.54) is 71.5 Å². The number of benzene rings is 4. The van der Waals surface area contributed by atoms with Crippen LogP contribution in [0, 0.1) is 11.6 Å². The van der Waals surface area contributed by atoms with Crippen molar-refractivity contribution in [1.29, 1.82) is 0 Å². The fourth-order valence-corrected chi connectivity index (χ4v) is 4.92. The van der Waals surface area contributed by atoms with Gasteiger partial charge in [0.25, 0.3) is 0 Å². The van der Waals surface area contributed by atoms with E-state index in [0.717, 1.165) is 22.5 Å². The van der Waals surface area contributed by atoms with Crippen molar-refractivity contribution in [2.75, 3.05) is 0 Å². The van der Waals surface area contributed by atoms with Crippen molar-refractivity contribution >= 4 is 45.4 Å². The number of hydrogen-bond acceptors (Lipinski definition) is 8. The minimum Gasteiger partial charge on any atom is -0.872 e. The first-order chi connectivity index (χ1) is 20.4. The second kappa shape index (κ2) is 15.1. The van der Waals surface area contributed by atoms with Crippen molar-refractivity contribution in [2.24, 2.45) is 9.98 Å². The van der Waals surface area contributed by atoms with E-state index < -0.39 is 0 Å². The molecule has 0 aliphatic rings. The van der Waals surface area contributed by atoms with E-state index in [4.69, 9.17) is 0 Å². The van der Waals surface area contributed by atoms with Gasteiger partial charge in [0.2, 0.25) is 10.3 Å². The average Bonchev–Trinajstić information content (AvgIpc) is 3.68. The smallest absolute Gasteiger partial charge is 0.872 e. The molecule has 0 aliphatic heterocycles. The normalized spacial score (nSPS) is 10.8. The molecule has 2 aromatic heterocycles. The Morgan fingerprint density at radius 1 is 0.558 bits per heavy atom. The van der Waals surface area contributed by atoms with Crippen LogP contribution in [-0.4, -0.2) is 22.4 Å². The molecule has 0 atom stereocenters. The van der Waals surface area contributed by atoms with Gasteiger partial charge in [0.05, 0.1) is 11.4 Å². The van der Waals surface area contributed by atoms with Crippen LogP contribution in [-0.2, 0) is 16.8 Å². The van der Waals surface area contributed by atoms with Gasteiger partial charge in [0, 0.05) is 34.3 Å². The fourth-order valence-electron chi connectivity index (χ4n) is 3.58. The molecule has 0 spiro atoms. The summed E-state index contributed by atoms with van der Waals surface area (Å²) in [5.74, 6) is -0.702. The zero-order valence-electron chi connectivity index (χ0n) is 22.1. The zero-order valence-corrected chi connectivity index (χ0v) is 24.7. The topological polar surface area (TPSA) is 96.6 Å². The van der Waals surface area contributed by atoms with Gasteiger partial charge in [-0.15, -0.1) is 34.2 Å². The van der Waals surface area contributed by atoms with Crippen LogP contribution in [0.2, 0.25) is 0 Å². The molecule has 0 fully saturated rings. The number of thiazole rings is 2. The Bertz CT molecular complexity index is 1700. The zero-order chi connectivity index (χ0) is 29.3. The van der Waals surface area contributed by atoms with E-state index in [0.29, 0.717) is 21.4 Å². The van der Waals surface area contributed by atoms with E-state index in [-0.39, 0.29) is 39.9 Å². The standard InChI is InChI=1S/2C16H11FN2OS.Co/c2*17-13-7-5-11(6-8-13)14-10-21-16(19-14)18-9-12-3-1-2-4-15(12)20;/h2*1-10,20H;/q;;+2/p-2/b2*18-9+;. The van der Waals surface area contributed by atoms with Gasteiger partial charge in [-0.2, -0.15) is 0 Å². The predicted molar refractivity (Wildman–Crippen MR) is 161 cm³/mol. The van der Waals surface area contributed by atoms with Crippen LogP contribution in [0.5, 0.6) is 11.5 Å². The first kappa shape index (κ1) is 31.4. The van der Waals surface area contributed by atoms with Crippen LogP contribution < -0.4 is 10.2 Å². The van der Waals surface area contributed by atoms with Gasteiger partial charge in [0.1, 0.15) is 11.6 Å². The first-order valence-corrected chi connectivity index (χ1v) is 14.2.